The van der Waals surface area contributed by atoms with E-state index in [0.29, 0.717) is 16.3 Å². The number of rotatable bonds is 3. The Morgan fingerprint density at radius 1 is 1.41 bits per heavy atom. The molecule has 0 heterocycles. The number of ether oxygens (including phenoxy) is 1. The van der Waals surface area contributed by atoms with Crippen molar-refractivity contribution in [1.82, 2.24) is 0 Å². The molecule has 0 N–H and O–H groups in total. The summed E-state index contributed by atoms with van der Waals surface area (Å²) >= 11 is 6.09. The van der Waals surface area contributed by atoms with Gasteiger partial charge in [-0.2, -0.15) is 4.40 Å². The van der Waals surface area contributed by atoms with E-state index in [1.165, 1.54) is 6.21 Å². The molecule has 0 aliphatic rings. The van der Waals surface area contributed by atoms with Crippen LogP contribution in [0.2, 0.25) is 5.02 Å². The van der Waals surface area contributed by atoms with Crippen molar-refractivity contribution in [2.45, 2.75) is 25.5 Å². The van der Waals surface area contributed by atoms with Crippen LogP contribution in [-0.2, 0) is 11.0 Å². The largest absolute Gasteiger partial charge is 0.495 e. The first-order chi connectivity index (χ1) is 7.86. The first-order valence-corrected chi connectivity index (χ1v) is 6.63. The molecule has 0 aliphatic heterocycles. The van der Waals surface area contributed by atoms with Crippen LogP contribution in [0.25, 0.3) is 0 Å². The molecular weight excluding hydrogens is 258 g/mol. The number of methoxy groups -OCH3 is 1. The maximum atomic E-state index is 11.7. The molecule has 0 amide bonds. The van der Waals surface area contributed by atoms with Gasteiger partial charge in [0, 0.05) is 11.8 Å². The van der Waals surface area contributed by atoms with Gasteiger partial charge in [0.05, 0.1) is 16.9 Å². The van der Waals surface area contributed by atoms with Gasteiger partial charge in [0.2, 0.25) is 0 Å². The smallest absolute Gasteiger partial charge is 0.144 e. The van der Waals surface area contributed by atoms with E-state index in [2.05, 4.69) is 4.40 Å². The zero-order valence-corrected chi connectivity index (χ0v) is 11.9. The standard InChI is InChI=1S/C12H16ClNO2S/c1-12(2,3)17(15)14-8-9-6-5-7-10(16-4)11(9)13/h5-8H,1-4H3/t17-/m0/s1. The quantitative estimate of drug-likeness (QED) is 0.793. The van der Waals surface area contributed by atoms with Crippen molar-refractivity contribution in [1.29, 1.82) is 0 Å². The third-order valence-corrected chi connectivity index (χ3v) is 3.77. The summed E-state index contributed by atoms with van der Waals surface area (Å²) < 4.78 is 20.5. The molecule has 0 aliphatic carbocycles. The Morgan fingerprint density at radius 2 is 2.06 bits per heavy atom. The molecule has 0 saturated heterocycles. The minimum absolute atomic E-state index is 0.373. The minimum Gasteiger partial charge on any atom is -0.495 e. The Balaban J connectivity index is 2.97. The second-order valence-corrected chi connectivity index (χ2v) is 6.77. The van der Waals surface area contributed by atoms with Gasteiger partial charge in [-0.1, -0.05) is 23.7 Å². The maximum Gasteiger partial charge on any atom is 0.144 e. The van der Waals surface area contributed by atoms with Gasteiger partial charge in [0.1, 0.15) is 16.7 Å². The van der Waals surface area contributed by atoms with E-state index in [4.69, 9.17) is 16.3 Å². The average molecular weight is 274 g/mol. The van der Waals surface area contributed by atoms with Crippen molar-refractivity contribution >= 4 is 28.8 Å². The normalized spacial score (nSPS) is 13.9. The van der Waals surface area contributed by atoms with Gasteiger partial charge in [0.15, 0.2) is 0 Å². The Labute approximate surface area is 109 Å². The van der Waals surface area contributed by atoms with Crippen LogP contribution in [0, 0.1) is 0 Å². The highest BCUT2D eigenvalue weighted by Gasteiger charge is 2.18. The van der Waals surface area contributed by atoms with Gasteiger partial charge in [-0.05, 0) is 26.8 Å². The lowest BCUT2D eigenvalue weighted by molar-refractivity contribution is 0.415. The highest BCUT2D eigenvalue weighted by atomic mass is 35.5. The van der Waals surface area contributed by atoms with Gasteiger partial charge in [-0.3, -0.25) is 0 Å². The lowest BCUT2D eigenvalue weighted by atomic mass is 10.2. The predicted molar refractivity (Wildman–Crippen MR) is 73.5 cm³/mol. The Hall–Kier alpha value is -0.870. The summed E-state index contributed by atoms with van der Waals surface area (Å²) in [6.45, 7) is 5.61. The third kappa shape index (κ3) is 3.82. The zero-order valence-electron chi connectivity index (χ0n) is 10.4. The highest BCUT2D eigenvalue weighted by molar-refractivity contribution is 7.85. The van der Waals surface area contributed by atoms with Gasteiger partial charge in [0.25, 0.3) is 0 Å². The average Bonchev–Trinajstić information content (AvgIpc) is 2.26. The molecular formula is C12H16ClNO2S. The van der Waals surface area contributed by atoms with Crippen LogP contribution in [0.1, 0.15) is 26.3 Å². The molecule has 5 heteroatoms. The van der Waals surface area contributed by atoms with Gasteiger partial charge in [-0.25, -0.2) is 4.21 Å². The second kappa shape index (κ2) is 5.65. The van der Waals surface area contributed by atoms with Crippen molar-refractivity contribution in [3.63, 3.8) is 0 Å². The molecule has 1 aromatic rings. The van der Waals surface area contributed by atoms with E-state index in [1.54, 1.807) is 19.2 Å². The van der Waals surface area contributed by atoms with Crippen LogP contribution in [0.3, 0.4) is 0 Å². The lowest BCUT2D eigenvalue weighted by Crippen LogP contribution is -2.19. The monoisotopic (exact) mass is 273 g/mol. The molecule has 0 fully saturated rings. The number of nitrogens with zero attached hydrogens (tertiary/aromatic N) is 1. The number of benzene rings is 1. The molecule has 1 rings (SSSR count). The fourth-order valence-electron chi connectivity index (χ4n) is 1.05. The molecule has 0 unspecified atom stereocenters. The summed E-state index contributed by atoms with van der Waals surface area (Å²) in [5.74, 6) is 0.581. The van der Waals surface area contributed by atoms with Crippen LogP contribution in [0.4, 0.5) is 0 Å². The van der Waals surface area contributed by atoms with Crippen LogP contribution < -0.4 is 4.74 Å². The van der Waals surface area contributed by atoms with E-state index in [1.807, 2.05) is 26.8 Å². The van der Waals surface area contributed by atoms with E-state index in [0.717, 1.165) is 0 Å². The van der Waals surface area contributed by atoms with E-state index >= 15 is 0 Å². The molecule has 94 valence electrons. The first kappa shape index (κ1) is 14.2. The van der Waals surface area contributed by atoms with E-state index < -0.39 is 11.0 Å². The van der Waals surface area contributed by atoms with Crippen LogP contribution in [0.15, 0.2) is 22.6 Å². The number of hydrogen-bond acceptors (Lipinski definition) is 2. The van der Waals surface area contributed by atoms with Crippen molar-refractivity contribution in [3.05, 3.63) is 28.8 Å². The fourth-order valence-corrected chi connectivity index (χ4v) is 1.83. The topological polar surface area (TPSA) is 38.7 Å². The predicted octanol–water partition coefficient (Wildman–Crippen LogP) is 3.23. The fraction of sp³-hybridized carbons (Fsp3) is 0.417. The minimum atomic E-state index is -1.28. The lowest BCUT2D eigenvalue weighted by Gasteiger charge is -2.12. The Bertz CT molecular complexity index is 452. The summed E-state index contributed by atoms with van der Waals surface area (Å²) in [4.78, 5) is 0. The van der Waals surface area contributed by atoms with Crippen molar-refractivity contribution in [2.24, 2.45) is 4.40 Å². The molecule has 0 bridgehead atoms. The summed E-state index contributed by atoms with van der Waals surface area (Å²) in [7, 11) is 0.266. The maximum absolute atomic E-state index is 11.7. The van der Waals surface area contributed by atoms with Crippen molar-refractivity contribution < 1.29 is 8.95 Å². The summed E-state index contributed by atoms with van der Waals surface area (Å²) in [5, 5.41) is 0.477. The molecule has 1 aromatic carbocycles. The van der Waals surface area contributed by atoms with Gasteiger partial charge in [-0.15, -0.1) is 0 Å². The molecule has 0 aromatic heterocycles. The molecule has 0 saturated carbocycles. The van der Waals surface area contributed by atoms with Crippen molar-refractivity contribution in [2.75, 3.05) is 7.11 Å². The first-order valence-electron chi connectivity index (χ1n) is 5.15. The van der Waals surface area contributed by atoms with E-state index in [9.17, 15) is 4.21 Å². The van der Waals surface area contributed by atoms with Gasteiger partial charge >= 0.3 is 0 Å². The SMILES string of the molecule is COc1cccc(C=N[S@@](=O)C(C)(C)C)c1Cl. The Kier molecular flexibility index (Phi) is 4.71. The van der Waals surface area contributed by atoms with Crippen LogP contribution in [0.5, 0.6) is 5.75 Å². The third-order valence-electron chi connectivity index (χ3n) is 2.02. The molecule has 17 heavy (non-hydrogen) atoms. The highest BCUT2D eigenvalue weighted by Crippen LogP contribution is 2.26. The molecule has 0 spiro atoms. The van der Waals surface area contributed by atoms with E-state index in [-0.39, 0.29) is 4.75 Å². The summed E-state index contributed by atoms with van der Waals surface area (Å²) in [6.07, 6.45) is 1.52. The van der Waals surface area contributed by atoms with Crippen LogP contribution in [-0.4, -0.2) is 22.3 Å². The second-order valence-electron chi connectivity index (χ2n) is 4.46. The van der Waals surface area contributed by atoms with Crippen LogP contribution >= 0.6 is 11.6 Å². The molecule has 0 radical (unpaired) electrons. The summed E-state index contributed by atoms with van der Waals surface area (Å²) in [6, 6.07) is 5.38. The molecule has 3 nitrogen and oxygen atoms in total. The van der Waals surface area contributed by atoms with Gasteiger partial charge < -0.3 is 4.74 Å². The molecule has 1 atom stereocenters. The van der Waals surface area contributed by atoms with Crippen molar-refractivity contribution in [3.8, 4) is 5.75 Å². The summed E-state index contributed by atoms with van der Waals surface area (Å²) in [5.41, 5.74) is 0.698. The number of hydrogen-bond donors (Lipinski definition) is 0. The number of halogens is 1. The Morgan fingerprint density at radius 3 is 2.59 bits per heavy atom. The zero-order chi connectivity index (χ0) is 13.1.